The Morgan fingerprint density at radius 3 is 2.48 bits per heavy atom. The zero-order valence-electron chi connectivity index (χ0n) is 15.9. The molecule has 6 heteroatoms. The zero-order chi connectivity index (χ0) is 20.5. The van der Waals surface area contributed by atoms with Gasteiger partial charge in [-0.05, 0) is 60.4 Å². The molecule has 5 nitrogen and oxygen atoms in total. The first kappa shape index (κ1) is 20.7. The lowest BCUT2D eigenvalue weighted by Gasteiger charge is -2.08. The summed E-state index contributed by atoms with van der Waals surface area (Å²) in [7, 11) is 0. The van der Waals surface area contributed by atoms with Crippen LogP contribution in [-0.2, 0) is 17.8 Å². The van der Waals surface area contributed by atoms with Crippen LogP contribution in [0.5, 0.6) is 0 Å². The third kappa shape index (κ3) is 6.54. The van der Waals surface area contributed by atoms with Crippen LogP contribution in [0.3, 0.4) is 0 Å². The van der Waals surface area contributed by atoms with Crippen LogP contribution in [0.2, 0.25) is 0 Å². The van der Waals surface area contributed by atoms with Crippen LogP contribution in [0.4, 0.5) is 5.69 Å². The molecular weight excluding hydrogens is 430 g/mol. The smallest absolute Gasteiger partial charge is 0.251 e. The largest absolute Gasteiger partial charge is 0.348 e. The zero-order valence-corrected chi connectivity index (χ0v) is 17.5. The fourth-order valence-electron chi connectivity index (χ4n) is 2.86. The molecule has 0 spiro atoms. The molecule has 0 aliphatic rings. The molecule has 2 N–H and O–H groups in total. The Morgan fingerprint density at radius 1 is 0.966 bits per heavy atom. The maximum absolute atomic E-state index is 12.2. The van der Waals surface area contributed by atoms with Crippen LogP contribution in [0.25, 0.3) is 0 Å². The van der Waals surface area contributed by atoms with Gasteiger partial charge in [-0.2, -0.15) is 0 Å². The Bertz CT molecular complexity index is 959. The van der Waals surface area contributed by atoms with E-state index in [0.29, 0.717) is 24.2 Å². The number of aromatic nitrogens is 1. The van der Waals surface area contributed by atoms with E-state index in [1.54, 1.807) is 36.7 Å². The SMILES string of the molecule is O=C(CCCc1ccccc1Br)Nc1ccc(C(=O)NCc2cccnc2)cc1. The standard InChI is InChI=1S/C23H22BrN3O2/c24-21-8-2-1-6-18(21)7-3-9-22(28)27-20-12-10-19(11-13-20)23(29)26-16-17-5-4-14-25-15-17/h1-2,4-6,8,10-15H,3,7,9,16H2,(H,26,29)(H,27,28). The summed E-state index contributed by atoms with van der Waals surface area (Å²) in [4.78, 5) is 28.4. The van der Waals surface area contributed by atoms with Crippen molar-refractivity contribution in [2.75, 3.05) is 5.32 Å². The number of amides is 2. The Balaban J connectivity index is 1.44. The average molecular weight is 452 g/mol. The number of rotatable bonds is 8. The van der Waals surface area contributed by atoms with Gasteiger partial charge in [-0.25, -0.2) is 0 Å². The lowest BCUT2D eigenvalue weighted by molar-refractivity contribution is -0.116. The lowest BCUT2D eigenvalue weighted by Crippen LogP contribution is -2.22. The summed E-state index contributed by atoms with van der Waals surface area (Å²) in [6.07, 6.45) is 5.46. The number of carbonyl (C=O) groups is 2. The van der Waals surface area contributed by atoms with E-state index >= 15 is 0 Å². The van der Waals surface area contributed by atoms with Gasteiger partial charge >= 0.3 is 0 Å². The fraction of sp³-hybridized carbons (Fsp3) is 0.174. The summed E-state index contributed by atoms with van der Waals surface area (Å²) in [5, 5.41) is 5.73. The highest BCUT2D eigenvalue weighted by atomic mass is 79.9. The summed E-state index contributed by atoms with van der Waals surface area (Å²) in [6.45, 7) is 0.419. The van der Waals surface area contributed by atoms with E-state index in [-0.39, 0.29) is 11.8 Å². The second-order valence-electron chi connectivity index (χ2n) is 6.61. The van der Waals surface area contributed by atoms with Gasteiger partial charge in [0.2, 0.25) is 5.91 Å². The molecule has 1 heterocycles. The molecule has 3 aromatic rings. The minimum atomic E-state index is -0.167. The predicted octanol–water partition coefficient (Wildman–Crippen LogP) is 4.74. The molecule has 0 aliphatic heterocycles. The maximum Gasteiger partial charge on any atom is 0.251 e. The van der Waals surface area contributed by atoms with Gasteiger partial charge in [-0.3, -0.25) is 14.6 Å². The molecule has 0 atom stereocenters. The van der Waals surface area contributed by atoms with E-state index in [9.17, 15) is 9.59 Å². The Labute approximate surface area is 178 Å². The molecule has 0 fully saturated rings. The molecular formula is C23H22BrN3O2. The quantitative estimate of drug-likeness (QED) is 0.519. The minimum absolute atomic E-state index is 0.0363. The van der Waals surface area contributed by atoms with Crippen molar-refractivity contribution in [2.45, 2.75) is 25.8 Å². The molecule has 29 heavy (non-hydrogen) atoms. The van der Waals surface area contributed by atoms with Crippen molar-refractivity contribution in [3.63, 3.8) is 0 Å². The third-order valence-electron chi connectivity index (χ3n) is 4.41. The highest BCUT2D eigenvalue weighted by Crippen LogP contribution is 2.18. The van der Waals surface area contributed by atoms with Gasteiger partial charge < -0.3 is 10.6 Å². The van der Waals surface area contributed by atoms with Crippen molar-refractivity contribution in [1.82, 2.24) is 10.3 Å². The maximum atomic E-state index is 12.2. The van der Waals surface area contributed by atoms with Gasteiger partial charge in [0.25, 0.3) is 5.91 Å². The van der Waals surface area contributed by atoms with E-state index in [1.165, 1.54) is 5.56 Å². The van der Waals surface area contributed by atoms with Crippen molar-refractivity contribution < 1.29 is 9.59 Å². The molecule has 2 amide bonds. The van der Waals surface area contributed by atoms with Gasteiger partial charge in [0.15, 0.2) is 0 Å². The average Bonchev–Trinajstić information content (AvgIpc) is 2.75. The summed E-state index contributed by atoms with van der Waals surface area (Å²) in [5.74, 6) is -0.203. The highest BCUT2D eigenvalue weighted by molar-refractivity contribution is 9.10. The molecule has 0 saturated carbocycles. The van der Waals surface area contributed by atoms with Gasteiger partial charge in [-0.1, -0.05) is 40.2 Å². The molecule has 0 radical (unpaired) electrons. The summed E-state index contributed by atoms with van der Waals surface area (Å²) in [5.41, 5.74) is 3.36. The number of nitrogens with zero attached hydrogens (tertiary/aromatic N) is 1. The number of pyridine rings is 1. The van der Waals surface area contributed by atoms with E-state index in [4.69, 9.17) is 0 Å². The minimum Gasteiger partial charge on any atom is -0.348 e. The van der Waals surface area contributed by atoms with E-state index in [1.807, 2.05) is 30.3 Å². The Morgan fingerprint density at radius 2 is 1.76 bits per heavy atom. The molecule has 3 rings (SSSR count). The van der Waals surface area contributed by atoms with Crippen molar-refractivity contribution in [1.29, 1.82) is 0 Å². The molecule has 2 aromatic carbocycles. The van der Waals surface area contributed by atoms with Crippen molar-refractivity contribution in [3.05, 3.63) is 94.2 Å². The van der Waals surface area contributed by atoms with Crippen LogP contribution in [0.1, 0.15) is 34.3 Å². The number of hydrogen-bond donors (Lipinski definition) is 2. The van der Waals surface area contributed by atoms with Gasteiger partial charge in [0.05, 0.1) is 0 Å². The number of nitrogens with one attached hydrogen (secondary N) is 2. The van der Waals surface area contributed by atoms with E-state index < -0.39 is 0 Å². The second kappa shape index (κ2) is 10.5. The molecule has 0 unspecified atom stereocenters. The summed E-state index contributed by atoms with van der Waals surface area (Å²) < 4.78 is 1.07. The van der Waals surface area contributed by atoms with E-state index in [0.717, 1.165) is 22.9 Å². The van der Waals surface area contributed by atoms with Crippen LogP contribution in [0, 0.1) is 0 Å². The number of hydrogen-bond acceptors (Lipinski definition) is 3. The third-order valence-corrected chi connectivity index (χ3v) is 5.19. The molecule has 0 saturated heterocycles. The van der Waals surface area contributed by atoms with Gasteiger partial charge in [0.1, 0.15) is 0 Å². The van der Waals surface area contributed by atoms with Crippen molar-refractivity contribution in [3.8, 4) is 0 Å². The monoisotopic (exact) mass is 451 g/mol. The first-order chi connectivity index (χ1) is 14.1. The first-order valence-corrected chi connectivity index (χ1v) is 10.2. The van der Waals surface area contributed by atoms with Crippen molar-refractivity contribution in [2.24, 2.45) is 0 Å². The van der Waals surface area contributed by atoms with Crippen LogP contribution in [-0.4, -0.2) is 16.8 Å². The predicted molar refractivity (Wildman–Crippen MR) is 118 cm³/mol. The van der Waals surface area contributed by atoms with Gasteiger partial charge in [-0.15, -0.1) is 0 Å². The Kier molecular flexibility index (Phi) is 7.53. The molecule has 0 aliphatic carbocycles. The second-order valence-corrected chi connectivity index (χ2v) is 7.47. The van der Waals surface area contributed by atoms with Crippen LogP contribution < -0.4 is 10.6 Å². The lowest BCUT2D eigenvalue weighted by atomic mass is 10.1. The molecule has 1 aromatic heterocycles. The normalized spacial score (nSPS) is 10.4. The first-order valence-electron chi connectivity index (χ1n) is 9.42. The van der Waals surface area contributed by atoms with Crippen LogP contribution in [0.15, 0.2) is 77.5 Å². The number of carbonyl (C=O) groups excluding carboxylic acids is 2. The fourth-order valence-corrected chi connectivity index (χ4v) is 3.34. The number of benzene rings is 2. The van der Waals surface area contributed by atoms with Crippen LogP contribution >= 0.6 is 15.9 Å². The molecule has 0 bridgehead atoms. The summed E-state index contributed by atoms with van der Waals surface area (Å²) in [6, 6.07) is 18.7. The highest BCUT2D eigenvalue weighted by Gasteiger charge is 2.07. The number of aryl methyl sites for hydroxylation is 1. The van der Waals surface area contributed by atoms with Crippen molar-refractivity contribution >= 4 is 33.4 Å². The van der Waals surface area contributed by atoms with Gasteiger partial charge in [0, 0.05) is 41.1 Å². The summed E-state index contributed by atoms with van der Waals surface area (Å²) >= 11 is 3.52. The topological polar surface area (TPSA) is 71.1 Å². The van der Waals surface area contributed by atoms with E-state index in [2.05, 4.69) is 37.6 Å². The Hall–Kier alpha value is -2.99. The molecule has 148 valence electrons. The number of anilines is 1. The number of halogens is 1.